The van der Waals surface area contributed by atoms with Gasteiger partial charge in [-0.1, -0.05) is 18.2 Å². The molecule has 2 aliphatic rings. The number of ether oxygens (including phenoxy) is 5. The molecule has 0 saturated heterocycles. The summed E-state index contributed by atoms with van der Waals surface area (Å²) in [4.78, 5) is 26.5. The number of nitrogens with zero attached hydrogens (tertiary/aromatic N) is 1. The first-order chi connectivity index (χ1) is 15.7. The predicted molar refractivity (Wildman–Crippen MR) is 115 cm³/mol. The molecule has 2 aromatic carbocycles. The Balaban J connectivity index is 1.40. The van der Waals surface area contributed by atoms with Gasteiger partial charge in [-0.05, 0) is 36.2 Å². The van der Waals surface area contributed by atoms with Crippen LogP contribution < -0.4 is 9.47 Å². The first-order valence-corrected chi connectivity index (χ1v) is 10.8. The maximum atomic E-state index is 12.6. The molecule has 2 heterocycles. The Bertz CT molecular complexity index is 911. The lowest BCUT2D eigenvalue weighted by atomic mass is 10.1. The molecule has 2 amide bonds. The van der Waals surface area contributed by atoms with Gasteiger partial charge >= 0.3 is 0 Å². The average molecular weight is 441 g/mol. The fourth-order valence-corrected chi connectivity index (χ4v) is 3.59. The van der Waals surface area contributed by atoms with E-state index in [0.717, 1.165) is 5.56 Å². The lowest BCUT2D eigenvalue weighted by molar-refractivity contribution is 0.00708. The smallest absolute Gasteiger partial charge is 0.261 e. The Hall–Kier alpha value is -2.94. The molecule has 0 unspecified atom stereocenters. The van der Waals surface area contributed by atoms with Crippen molar-refractivity contribution in [3.05, 3.63) is 59.2 Å². The van der Waals surface area contributed by atoms with Gasteiger partial charge in [0.25, 0.3) is 11.8 Å². The number of carbonyl (C=O) groups excluding carboxylic acids is 2. The zero-order chi connectivity index (χ0) is 22.2. The van der Waals surface area contributed by atoms with Crippen molar-refractivity contribution in [3.8, 4) is 11.5 Å². The highest BCUT2D eigenvalue weighted by Crippen LogP contribution is 2.29. The van der Waals surface area contributed by atoms with E-state index in [1.54, 1.807) is 24.3 Å². The summed E-state index contributed by atoms with van der Waals surface area (Å²) in [6.07, 6.45) is 0.513. The number of hydrogen-bond donors (Lipinski definition) is 0. The van der Waals surface area contributed by atoms with Gasteiger partial charge in [-0.25, -0.2) is 0 Å². The lowest BCUT2D eigenvalue weighted by Crippen LogP contribution is -2.31. The summed E-state index contributed by atoms with van der Waals surface area (Å²) in [5.41, 5.74) is 1.86. The zero-order valence-electron chi connectivity index (χ0n) is 17.9. The third-order valence-corrected chi connectivity index (χ3v) is 5.22. The fraction of sp³-hybridized carbons (Fsp3) is 0.417. The van der Waals surface area contributed by atoms with Crippen molar-refractivity contribution in [2.75, 3.05) is 59.4 Å². The van der Waals surface area contributed by atoms with Gasteiger partial charge in [-0.15, -0.1) is 0 Å². The zero-order valence-corrected chi connectivity index (χ0v) is 17.9. The Morgan fingerprint density at radius 1 is 0.656 bits per heavy atom. The Labute approximate surface area is 187 Å². The van der Waals surface area contributed by atoms with Crippen LogP contribution in [0.25, 0.3) is 0 Å². The number of amides is 2. The Morgan fingerprint density at radius 3 is 1.78 bits per heavy atom. The van der Waals surface area contributed by atoms with Crippen LogP contribution in [0.2, 0.25) is 0 Å². The molecular weight excluding hydrogens is 414 g/mol. The van der Waals surface area contributed by atoms with E-state index in [0.29, 0.717) is 88.4 Å². The van der Waals surface area contributed by atoms with Crippen molar-refractivity contribution < 1.29 is 33.3 Å². The van der Waals surface area contributed by atoms with Gasteiger partial charge in [-0.2, -0.15) is 0 Å². The third kappa shape index (κ3) is 5.45. The monoisotopic (exact) mass is 441 g/mol. The van der Waals surface area contributed by atoms with Crippen LogP contribution in [-0.4, -0.2) is 76.1 Å². The van der Waals surface area contributed by atoms with Crippen LogP contribution >= 0.6 is 0 Å². The van der Waals surface area contributed by atoms with Crippen molar-refractivity contribution in [2.24, 2.45) is 0 Å². The second-order valence-electron chi connectivity index (χ2n) is 7.37. The van der Waals surface area contributed by atoms with Crippen LogP contribution in [0.5, 0.6) is 11.5 Å². The number of rotatable bonds is 3. The van der Waals surface area contributed by atoms with Crippen LogP contribution in [0.15, 0.2) is 42.5 Å². The molecule has 0 aromatic heterocycles. The molecule has 0 aliphatic carbocycles. The van der Waals surface area contributed by atoms with E-state index in [-0.39, 0.29) is 11.8 Å². The fourth-order valence-electron chi connectivity index (χ4n) is 3.59. The van der Waals surface area contributed by atoms with Crippen LogP contribution in [0.3, 0.4) is 0 Å². The summed E-state index contributed by atoms with van der Waals surface area (Å²) < 4.78 is 28.1. The van der Waals surface area contributed by atoms with E-state index in [2.05, 4.69) is 0 Å². The largest absolute Gasteiger partial charge is 0.487 e. The van der Waals surface area contributed by atoms with E-state index in [1.807, 2.05) is 18.2 Å². The number of imide groups is 1. The summed E-state index contributed by atoms with van der Waals surface area (Å²) in [6, 6.07) is 12.5. The molecule has 0 atom stereocenters. The maximum absolute atomic E-state index is 12.6. The number of fused-ring (bicyclic) bond motifs is 2. The van der Waals surface area contributed by atoms with Crippen LogP contribution in [0, 0.1) is 0 Å². The Morgan fingerprint density at radius 2 is 1.19 bits per heavy atom. The highest BCUT2D eigenvalue weighted by Gasteiger charge is 2.34. The SMILES string of the molecule is O=C1c2ccccc2C(=O)N1CCc1ccc2c(c1)OCCOCCOCCOCCO2. The molecule has 2 aromatic rings. The third-order valence-electron chi connectivity index (χ3n) is 5.22. The first-order valence-electron chi connectivity index (χ1n) is 10.8. The molecule has 32 heavy (non-hydrogen) atoms. The van der Waals surface area contributed by atoms with Crippen molar-refractivity contribution in [1.82, 2.24) is 4.90 Å². The number of carbonyl (C=O) groups is 2. The van der Waals surface area contributed by atoms with E-state index < -0.39 is 0 Å². The number of benzene rings is 2. The van der Waals surface area contributed by atoms with Gasteiger partial charge < -0.3 is 23.7 Å². The van der Waals surface area contributed by atoms with Gasteiger partial charge in [0.2, 0.25) is 0 Å². The maximum Gasteiger partial charge on any atom is 0.261 e. The summed E-state index contributed by atoms with van der Waals surface area (Å²) in [7, 11) is 0. The van der Waals surface area contributed by atoms with E-state index in [1.165, 1.54) is 4.90 Å². The molecule has 8 nitrogen and oxygen atoms in total. The van der Waals surface area contributed by atoms with Gasteiger partial charge in [0.1, 0.15) is 13.2 Å². The minimum atomic E-state index is -0.250. The highest BCUT2D eigenvalue weighted by molar-refractivity contribution is 6.21. The van der Waals surface area contributed by atoms with Gasteiger partial charge in [0.15, 0.2) is 11.5 Å². The minimum Gasteiger partial charge on any atom is -0.487 e. The van der Waals surface area contributed by atoms with Crippen molar-refractivity contribution in [2.45, 2.75) is 6.42 Å². The predicted octanol–water partition coefficient (Wildman–Crippen LogP) is 2.35. The van der Waals surface area contributed by atoms with Crippen molar-refractivity contribution in [1.29, 1.82) is 0 Å². The van der Waals surface area contributed by atoms with Crippen LogP contribution in [-0.2, 0) is 20.6 Å². The van der Waals surface area contributed by atoms with Crippen molar-refractivity contribution >= 4 is 11.8 Å². The second kappa shape index (κ2) is 11.1. The van der Waals surface area contributed by atoms with Crippen LogP contribution in [0.4, 0.5) is 0 Å². The first kappa shape index (κ1) is 22.3. The summed E-state index contributed by atoms with van der Waals surface area (Å²) >= 11 is 0. The molecule has 8 heteroatoms. The van der Waals surface area contributed by atoms with E-state index in [9.17, 15) is 9.59 Å². The Kier molecular flexibility index (Phi) is 7.71. The standard InChI is InChI=1S/C24H27NO7/c26-23-19-3-1-2-4-20(19)24(27)25(23)8-7-18-5-6-21-22(17-18)32-16-14-30-12-10-28-9-11-29-13-15-31-21/h1-6,17H,7-16H2. The molecule has 0 N–H and O–H groups in total. The van der Waals surface area contributed by atoms with Gasteiger partial charge in [-0.3, -0.25) is 14.5 Å². The molecule has 4 rings (SSSR count). The average Bonchev–Trinajstić information content (AvgIpc) is 3.05. The minimum absolute atomic E-state index is 0.250. The normalized spacial score (nSPS) is 18.1. The van der Waals surface area contributed by atoms with Crippen LogP contribution in [0.1, 0.15) is 26.3 Å². The molecule has 0 fully saturated rings. The highest BCUT2D eigenvalue weighted by atomic mass is 16.6. The van der Waals surface area contributed by atoms with Gasteiger partial charge in [0.05, 0.1) is 50.8 Å². The molecular formula is C24H27NO7. The summed E-state index contributed by atoms with van der Waals surface area (Å²) in [6.45, 7) is 3.96. The van der Waals surface area contributed by atoms with E-state index >= 15 is 0 Å². The quantitative estimate of drug-likeness (QED) is 0.676. The van der Waals surface area contributed by atoms with Crippen molar-refractivity contribution in [3.63, 3.8) is 0 Å². The topological polar surface area (TPSA) is 83.5 Å². The lowest BCUT2D eigenvalue weighted by Gasteiger charge is -2.16. The molecule has 2 aliphatic heterocycles. The number of hydrogen-bond acceptors (Lipinski definition) is 7. The molecule has 0 radical (unpaired) electrons. The molecule has 170 valence electrons. The molecule has 0 saturated carbocycles. The molecule has 0 bridgehead atoms. The second-order valence-corrected chi connectivity index (χ2v) is 7.37. The summed E-state index contributed by atoms with van der Waals surface area (Å²) in [5.74, 6) is 0.713. The molecule has 0 spiro atoms. The summed E-state index contributed by atoms with van der Waals surface area (Å²) in [5, 5.41) is 0. The van der Waals surface area contributed by atoms with E-state index in [4.69, 9.17) is 23.7 Å². The van der Waals surface area contributed by atoms with Gasteiger partial charge in [0, 0.05) is 6.54 Å².